The first kappa shape index (κ1) is 10.2. The van der Waals surface area contributed by atoms with E-state index in [0.717, 1.165) is 32.5 Å². The van der Waals surface area contributed by atoms with Gasteiger partial charge in [-0.05, 0) is 19.4 Å². The van der Waals surface area contributed by atoms with E-state index in [1.807, 2.05) is 15.7 Å². The van der Waals surface area contributed by atoms with Gasteiger partial charge in [-0.3, -0.25) is 9.69 Å². The first-order chi connectivity index (χ1) is 7.27. The van der Waals surface area contributed by atoms with Crippen molar-refractivity contribution in [1.29, 1.82) is 0 Å². The van der Waals surface area contributed by atoms with Crippen LogP contribution in [-0.2, 0) is 11.3 Å². The predicted octanol–water partition coefficient (Wildman–Crippen LogP) is 0.432. The molecule has 0 aromatic carbocycles. The first-order valence-electron chi connectivity index (χ1n) is 5.20. The fraction of sp³-hybridized carbons (Fsp3) is 0.600. The first-order valence-corrected chi connectivity index (χ1v) is 5.20. The Hall–Kier alpha value is -1.36. The number of aromatic nitrogens is 2. The number of nitrogens with zero attached hydrogens (tertiary/aromatic N) is 3. The quantitative estimate of drug-likeness (QED) is 0.781. The van der Waals surface area contributed by atoms with Crippen LogP contribution in [-0.4, -0.2) is 44.7 Å². The summed E-state index contributed by atoms with van der Waals surface area (Å²) in [6, 6.07) is -0.284. The number of hydrogen-bond donors (Lipinski definition) is 1. The Morgan fingerprint density at radius 2 is 2.40 bits per heavy atom. The van der Waals surface area contributed by atoms with Gasteiger partial charge in [-0.1, -0.05) is 0 Å². The third-order valence-corrected chi connectivity index (χ3v) is 2.85. The number of likely N-dealkylation sites (tertiary alicyclic amines) is 1. The SMILES string of the molecule is O=C(O)[C@@H]1CCCN1CCn1ccnc1. The topological polar surface area (TPSA) is 58.4 Å². The number of carbonyl (C=O) groups is 1. The molecule has 0 saturated carbocycles. The third kappa shape index (κ3) is 2.36. The molecule has 0 radical (unpaired) electrons. The molecule has 82 valence electrons. The molecule has 1 aromatic rings. The van der Waals surface area contributed by atoms with Gasteiger partial charge in [0.1, 0.15) is 6.04 Å². The summed E-state index contributed by atoms with van der Waals surface area (Å²) in [5.41, 5.74) is 0. The van der Waals surface area contributed by atoms with Crippen molar-refractivity contribution in [2.24, 2.45) is 0 Å². The highest BCUT2D eigenvalue weighted by Gasteiger charge is 2.29. The highest BCUT2D eigenvalue weighted by atomic mass is 16.4. The standard InChI is InChI=1S/C10H15N3O2/c14-10(15)9-2-1-4-13(9)7-6-12-5-3-11-8-12/h3,5,8-9H,1-2,4,6-7H2,(H,14,15)/t9-/m0/s1. The van der Waals surface area contributed by atoms with E-state index >= 15 is 0 Å². The predicted molar refractivity (Wildman–Crippen MR) is 54.5 cm³/mol. The smallest absolute Gasteiger partial charge is 0.320 e. The van der Waals surface area contributed by atoms with Crippen molar-refractivity contribution in [3.8, 4) is 0 Å². The highest BCUT2D eigenvalue weighted by Crippen LogP contribution is 2.16. The van der Waals surface area contributed by atoms with Gasteiger partial charge in [0.2, 0.25) is 0 Å². The van der Waals surface area contributed by atoms with Crippen LogP contribution in [0.4, 0.5) is 0 Å². The van der Waals surface area contributed by atoms with Crippen molar-refractivity contribution in [2.45, 2.75) is 25.4 Å². The van der Waals surface area contributed by atoms with Crippen LogP contribution in [0.1, 0.15) is 12.8 Å². The largest absolute Gasteiger partial charge is 0.480 e. The number of carboxylic acid groups (broad SMARTS) is 1. The zero-order valence-electron chi connectivity index (χ0n) is 8.54. The van der Waals surface area contributed by atoms with E-state index in [4.69, 9.17) is 5.11 Å². The summed E-state index contributed by atoms with van der Waals surface area (Å²) in [4.78, 5) is 16.9. The number of imidazole rings is 1. The van der Waals surface area contributed by atoms with Gasteiger partial charge < -0.3 is 9.67 Å². The van der Waals surface area contributed by atoms with Crippen molar-refractivity contribution < 1.29 is 9.90 Å². The second-order valence-electron chi connectivity index (χ2n) is 3.83. The molecule has 1 atom stereocenters. The van der Waals surface area contributed by atoms with Gasteiger partial charge >= 0.3 is 5.97 Å². The van der Waals surface area contributed by atoms with E-state index < -0.39 is 5.97 Å². The Morgan fingerprint density at radius 1 is 1.53 bits per heavy atom. The molecule has 1 aliphatic heterocycles. The molecule has 0 bridgehead atoms. The van der Waals surface area contributed by atoms with Gasteiger partial charge in [0.05, 0.1) is 6.33 Å². The molecule has 2 rings (SSSR count). The molecule has 1 aromatic heterocycles. The van der Waals surface area contributed by atoms with Crippen LogP contribution >= 0.6 is 0 Å². The van der Waals surface area contributed by atoms with Gasteiger partial charge in [-0.25, -0.2) is 4.98 Å². The van der Waals surface area contributed by atoms with E-state index in [2.05, 4.69) is 4.98 Å². The Kier molecular flexibility index (Phi) is 3.01. The fourth-order valence-electron chi connectivity index (χ4n) is 2.04. The number of aliphatic carboxylic acids is 1. The highest BCUT2D eigenvalue weighted by molar-refractivity contribution is 5.73. The minimum atomic E-state index is -0.696. The second-order valence-corrected chi connectivity index (χ2v) is 3.83. The molecule has 1 aliphatic rings. The molecule has 1 N–H and O–H groups in total. The molecule has 15 heavy (non-hydrogen) atoms. The minimum absolute atomic E-state index is 0.284. The van der Waals surface area contributed by atoms with Crippen molar-refractivity contribution in [1.82, 2.24) is 14.5 Å². The normalized spacial score (nSPS) is 22.0. The molecule has 0 spiro atoms. The van der Waals surface area contributed by atoms with Crippen molar-refractivity contribution in [3.05, 3.63) is 18.7 Å². The van der Waals surface area contributed by atoms with E-state index in [1.165, 1.54) is 0 Å². The maximum atomic E-state index is 10.9. The average molecular weight is 209 g/mol. The van der Waals surface area contributed by atoms with Crippen LogP contribution in [0.2, 0.25) is 0 Å². The lowest BCUT2D eigenvalue weighted by molar-refractivity contribution is -0.142. The van der Waals surface area contributed by atoms with Gasteiger partial charge in [0.15, 0.2) is 0 Å². The Labute approximate surface area is 88.3 Å². The van der Waals surface area contributed by atoms with Crippen LogP contribution in [0.5, 0.6) is 0 Å². The van der Waals surface area contributed by atoms with Crippen LogP contribution in [0.15, 0.2) is 18.7 Å². The van der Waals surface area contributed by atoms with Crippen molar-refractivity contribution in [3.63, 3.8) is 0 Å². The molecule has 1 saturated heterocycles. The summed E-state index contributed by atoms with van der Waals surface area (Å²) in [7, 11) is 0. The van der Waals surface area contributed by atoms with Crippen LogP contribution in [0.3, 0.4) is 0 Å². The molecule has 5 heteroatoms. The third-order valence-electron chi connectivity index (χ3n) is 2.85. The van der Waals surface area contributed by atoms with Crippen molar-refractivity contribution >= 4 is 5.97 Å². The second kappa shape index (κ2) is 4.44. The van der Waals surface area contributed by atoms with Gasteiger partial charge in [0, 0.05) is 25.5 Å². The minimum Gasteiger partial charge on any atom is -0.480 e. The van der Waals surface area contributed by atoms with Crippen LogP contribution in [0.25, 0.3) is 0 Å². The monoisotopic (exact) mass is 209 g/mol. The molecular weight excluding hydrogens is 194 g/mol. The van der Waals surface area contributed by atoms with Gasteiger partial charge in [0.25, 0.3) is 0 Å². The number of carboxylic acids is 1. The summed E-state index contributed by atoms with van der Waals surface area (Å²) in [6.45, 7) is 2.49. The molecule has 0 amide bonds. The zero-order chi connectivity index (χ0) is 10.7. The molecule has 0 unspecified atom stereocenters. The van der Waals surface area contributed by atoms with Crippen LogP contribution in [0, 0.1) is 0 Å². The van der Waals surface area contributed by atoms with E-state index in [1.54, 1.807) is 12.5 Å². The maximum absolute atomic E-state index is 10.9. The van der Waals surface area contributed by atoms with Gasteiger partial charge in [-0.2, -0.15) is 0 Å². The lowest BCUT2D eigenvalue weighted by Crippen LogP contribution is -2.37. The van der Waals surface area contributed by atoms with Crippen LogP contribution < -0.4 is 0 Å². The van der Waals surface area contributed by atoms with E-state index in [-0.39, 0.29) is 6.04 Å². The lowest BCUT2D eigenvalue weighted by Gasteiger charge is -2.20. The Bertz CT molecular complexity index is 323. The summed E-state index contributed by atoms with van der Waals surface area (Å²) in [5, 5.41) is 8.98. The molecular formula is C10H15N3O2. The summed E-state index contributed by atoms with van der Waals surface area (Å²) < 4.78 is 1.97. The lowest BCUT2D eigenvalue weighted by atomic mass is 10.2. The van der Waals surface area contributed by atoms with E-state index in [9.17, 15) is 4.79 Å². The molecule has 5 nitrogen and oxygen atoms in total. The number of hydrogen-bond acceptors (Lipinski definition) is 3. The Morgan fingerprint density at radius 3 is 3.07 bits per heavy atom. The summed E-state index contributed by atoms with van der Waals surface area (Å²) in [6.07, 6.45) is 7.15. The number of rotatable bonds is 4. The zero-order valence-corrected chi connectivity index (χ0v) is 8.54. The Balaban J connectivity index is 1.86. The summed E-state index contributed by atoms with van der Waals surface area (Å²) >= 11 is 0. The van der Waals surface area contributed by atoms with E-state index in [0.29, 0.717) is 0 Å². The molecule has 2 heterocycles. The molecule has 1 fully saturated rings. The average Bonchev–Trinajstić information content (AvgIpc) is 2.86. The fourth-order valence-corrected chi connectivity index (χ4v) is 2.04. The summed E-state index contributed by atoms with van der Waals surface area (Å²) in [5.74, 6) is -0.696. The van der Waals surface area contributed by atoms with Crippen molar-refractivity contribution in [2.75, 3.05) is 13.1 Å². The maximum Gasteiger partial charge on any atom is 0.320 e. The molecule has 0 aliphatic carbocycles. The van der Waals surface area contributed by atoms with Gasteiger partial charge in [-0.15, -0.1) is 0 Å².